The molecule has 1 atom stereocenters. The van der Waals surface area contributed by atoms with Crippen LogP contribution in [0.1, 0.15) is 6.92 Å². The van der Waals surface area contributed by atoms with Gasteiger partial charge in [0.2, 0.25) is 0 Å². The summed E-state index contributed by atoms with van der Waals surface area (Å²) in [5, 5.41) is 0. The molecule has 0 aliphatic rings. The molecule has 0 bridgehead atoms. The first-order valence-corrected chi connectivity index (χ1v) is 6.35. The summed E-state index contributed by atoms with van der Waals surface area (Å²) < 4.78 is 16.7. The normalized spacial score (nSPS) is 11.8. The smallest absolute Gasteiger partial charge is 0.346 e. The van der Waals surface area contributed by atoms with Crippen LogP contribution in [0.25, 0.3) is 0 Å². The van der Waals surface area contributed by atoms with E-state index < -0.39 is 12.1 Å². The van der Waals surface area contributed by atoms with Gasteiger partial charge in [-0.3, -0.25) is 0 Å². The van der Waals surface area contributed by atoms with Crippen molar-refractivity contribution in [1.82, 2.24) is 0 Å². The molecule has 0 aliphatic heterocycles. The summed E-state index contributed by atoms with van der Waals surface area (Å²) in [6, 6.07) is 3.48. The summed E-state index contributed by atoms with van der Waals surface area (Å²) >= 11 is 6.70. The fraction of sp³-hybridized carbons (Fsp3) is 0.364. The van der Waals surface area contributed by atoms with Crippen molar-refractivity contribution in [3.05, 3.63) is 21.1 Å². The van der Waals surface area contributed by atoms with E-state index in [1.807, 2.05) is 0 Å². The lowest BCUT2D eigenvalue weighted by molar-refractivity contribution is -0.147. The third-order valence-corrected chi connectivity index (χ3v) is 3.28. The number of hydrogen-bond donors (Lipinski definition) is 0. The molecule has 1 rings (SSSR count). The summed E-state index contributed by atoms with van der Waals surface area (Å²) in [6.07, 6.45) is -0.679. The average molecular weight is 368 g/mol. The minimum atomic E-state index is -0.679. The molecule has 17 heavy (non-hydrogen) atoms. The lowest BCUT2D eigenvalue weighted by Gasteiger charge is -2.15. The Bertz CT molecular complexity index is 420. The maximum absolute atomic E-state index is 11.2. The molecular weight excluding hydrogens is 356 g/mol. The van der Waals surface area contributed by atoms with Crippen molar-refractivity contribution in [3.8, 4) is 11.5 Å². The van der Waals surface area contributed by atoms with Crippen molar-refractivity contribution >= 4 is 37.8 Å². The highest BCUT2D eigenvalue weighted by Gasteiger charge is 2.17. The third-order valence-electron chi connectivity index (χ3n) is 2.04. The number of carbonyl (C=O) groups excluding carboxylic acids is 1. The van der Waals surface area contributed by atoms with Gasteiger partial charge in [-0.1, -0.05) is 0 Å². The lowest BCUT2D eigenvalue weighted by atomic mass is 10.3. The molecule has 0 amide bonds. The van der Waals surface area contributed by atoms with E-state index in [0.29, 0.717) is 11.5 Å². The fourth-order valence-corrected chi connectivity index (χ4v) is 2.41. The average Bonchev–Trinajstić information content (AvgIpc) is 2.31. The Hall–Kier alpha value is -0.750. The number of halogens is 2. The molecule has 1 unspecified atom stereocenters. The van der Waals surface area contributed by atoms with Crippen LogP contribution < -0.4 is 9.47 Å². The second-order valence-corrected chi connectivity index (χ2v) is 4.91. The van der Waals surface area contributed by atoms with Crippen LogP contribution in [-0.4, -0.2) is 26.3 Å². The Morgan fingerprint density at radius 3 is 2.29 bits per heavy atom. The SMILES string of the molecule is COC(=O)C(C)Oc1cc(OC)c(Br)cc1Br. The number of methoxy groups -OCH3 is 2. The zero-order valence-corrected chi connectivity index (χ0v) is 12.8. The maximum atomic E-state index is 11.2. The van der Waals surface area contributed by atoms with Gasteiger partial charge in [-0.2, -0.15) is 0 Å². The molecule has 0 saturated heterocycles. The van der Waals surface area contributed by atoms with E-state index in [0.717, 1.165) is 8.95 Å². The van der Waals surface area contributed by atoms with Crippen LogP contribution in [0.5, 0.6) is 11.5 Å². The van der Waals surface area contributed by atoms with Crippen LogP contribution in [0.2, 0.25) is 0 Å². The van der Waals surface area contributed by atoms with Gasteiger partial charge >= 0.3 is 5.97 Å². The van der Waals surface area contributed by atoms with E-state index in [9.17, 15) is 4.79 Å². The van der Waals surface area contributed by atoms with E-state index in [2.05, 4.69) is 36.6 Å². The van der Waals surface area contributed by atoms with E-state index in [1.54, 1.807) is 26.2 Å². The van der Waals surface area contributed by atoms with Gasteiger partial charge in [0, 0.05) is 6.07 Å². The van der Waals surface area contributed by atoms with Crippen LogP contribution >= 0.6 is 31.9 Å². The van der Waals surface area contributed by atoms with Crippen LogP contribution in [0.15, 0.2) is 21.1 Å². The van der Waals surface area contributed by atoms with Gasteiger partial charge in [-0.05, 0) is 44.8 Å². The summed E-state index contributed by atoms with van der Waals surface area (Å²) in [6.45, 7) is 1.62. The van der Waals surface area contributed by atoms with E-state index in [-0.39, 0.29) is 0 Å². The predicted octanol–water partition coefficient (Wildman–Crippen LogP) is 3.16. The molecule has 0 aliphatic carbocycles. The van der Waals surface area contributed by atoms with Crippen molar-refractivity contribution in [2.24, 2.45) is 0 Å². The van der Waals surface area contributed by atoms with Crippen molar-refractivity contribution < 1.29 is 19.0 Å². The monoisotopic (exact) mass is 366 g/mol. The van der Waals surface area contributed by atoms with Crippen molar-refractivity contribution in [2.45, 2.75) is 13.0 Å². The molecule has 6 heteroatoms. The lowest BCUT2D eigenvalue weighted by Crippen LogP contribution is -2.25. The second-order valence-electron chi connectivity index (χ2n) is 3.20. The molecule has 1 aromatic carbocycles. The highest BCUT2D eigenvalue weighted by molar-refractivity contribution is 9.11. The minimum absolute atomic E-state index is 0.432. The molecule has 0 saturated carbocycles. The molecule has 0 aromatic heterocycles. The van der Waals surface area contributed by atoms with E-state index in [4.69, 9.17) is 9.47 Å². The molecule has 1 aromatic rings. The van der Waals surface area contributed by atoms with Crippen LogP contribution in [-0.2, 0) is 9.53 Å². The summed E-state index contributed by atoms with van der Waals surface area (Å²) in [5.74, 6) is 0.710. The van der Waals surface area contributed by atoms with Crippen LogP contribution in [0.4, 0.5) is 0 Å². The van der Waals surface area contributed by atoms with Crippen molar-refractivity contribution in [3.63, 3.8) is 0 Å². The Balaban J connectivity index is 2.94. The molecule has 4 nitrogen and oxygen atoms in total. The molecular formula is C11H12Br2O4. The zero-order valence-electron chi connectivity index (χ0n) is 9.62. The maximum Gasteiger partial charge on any atom is 0.346 e. The fourth-order valence-electron chi connectivity index (χ4n) is 1.16. The zero-order chi connectivity index (χ0) is 13.0. The van der Waals surface area contributed by atoms with Gasteiger partial charge in [0.05, 0.1) is 23.2 Å². The van der Waals surface area contributed by atoms with Gasteiger partial charge in [0.25, 0.3) is 0 Å². The Kier molecular flexibility index (Phi) is 5.27. The summed E-state index contributed by atoms with van der Waals surface area (Å²) in [7, 11) is 2.88. The molecule has 94 valence electrons. The summed E-state index contributed by atoms with van der Waals surface area (Å²) in [4.78, 5) is 11.2. The number of hydrogen-bond acceptors (Lipinski definition) is 4. The van der Waals surface area contributed by atoms with E-state index >= 15 is 0 Å². The van der Waals surface area contributed by atoms with Gasteiger partial charge < -0.3 is 14.2 Å². The van der Waals surface area contributed by atoms with Crippen LogP contribution in [0, 0.1) is 0 Å². The minimum Gasteiger partial charge on any atom is -0.495 e. The highest BCUT2D eigenvalue weighted by atomic mass is 79.9. The quantitative estimate of drug-likeness (QED) is 0.767. The molecule has 0 heterocycles. The number of esters is 1. The Morgan fingerprint density at radius 1 is 1.18 bits per heavy atom. The largest absolute Gasteiger partial charge is 0.495 e. The summed E-state index contributed by atoms with van der Waals surface area (Å²) in [5.41, 5.74) is 0. The van der Waals surface area contributed by atoms with Crippen molar-refractivity contribution in [2.75, 3.05) is 14.2 Å². The standard InChI is InChI=1S/C11H12Br2O4/c1-6(11(14)16-3)17-10-5-9(15-2)7(12)4-8(10)13/h4-6H,1-3H3. The highest BCUT2D eigenvalue weighted by Crippen LogP contribution is 2.36. The molecule has 0 spiro atoms. The van der Waals surface area contributed by atoms with Gasteiger partial charge in [0.1, 0.15) is 11.5 Å². The first kappa shape index (κ1) is 14.3. The topological polar surface area (TPSA) is 44.8 Å². The van der Waals surface area contributed by atoms with Gasteiger partial charge in [-0.25, -0.2) is 4.79 Å². The third kappa shape index (κ3) is 3.61. The Labute approximate surface area is 116 Å². The molecule has 0 N–H and O–H groups in total. The number of benzene rings is 1. The van der Waals surface area contributed by atoms with Gasteiger partial charge in [0.15, 0.2) is 6.10 Å². The first-order chi connectivity index (χ1) is 7.99. The Morgan fingerprint density at radius 2 is 1.76 bits per heavy atom. The van der Waals surface area contributed by atoms with Crippen molar-refractivity contribution in [1.29, 1.82) is 0 Å². The van der Waals surface area contributed by atoms with Crippen LogP contribution in [0.3, 0.4) is 0 Å². The predicted molar refractivity (Wildman–Crippen MR) is 70.5 cm³/mol. The second kappa shape index (κ2) is 6.26. The number of ether oxygens (including phenoxy) is 3. The number of carbonyl (C=O) groups is 1. The molecule has 0 fully saturated rings. The molecule has 0 radical (unpaired) electrons. The number of rotatable bonds is 4. The first-order valence-electron chi connectivity index (χ1n) is 4.77. The van der Waals surface area contributed by atoms with Gasteiger partial charge in [-0.15, -0.1) is 0 Å². The van der Waals surface area contributed by atoms with E-state index in [1.165, 1.54) is 7.11 Å².